The van der Waals surface area contributed by atoms with Crippen LogP contribution in [0.15, 0.2) is 24.3 Å². The number of rotatable bonds is 2. The number of nitrogen functional groups attached to an aromatic ring is 1. The molecule has 1 aliphatic heterocycles. The van der Waals surface area contributed by atoms with Crippen molar-refractivity contribution in [2.24, 2.45) is 0 Å². The smallest absolute Gasteiger partial charge is 0.361 e. The lowest BCUT2D eigenvalue weighted by atomic mass is 10.2. The molecule has 19 heavy (non-hydrogen) atoms. The van der Waals surface area contributed by atoms with Gasteiger partial charge in [-0.15, -0.1) is 4.68 Å². The van der Waals surface area contributed by atoms with Gasteiger partial charge in [0.1, 0.15) is 0 Å². The van der Waals surface area contributed by atoms with Crippen LogP contribution in [0.4, 0.5) is 11.5 Å². The van der Waals surface area contributed by atoms with Gasteiger partial charge in [-0.3, -0.25) is 5.84 Å². The van der Waals surface area contributed by atoms with Crippen LogP contribution in [0.25, 0.3) is 0 Å². The van der Waals surface area contributed by atoms with Gasteiger partial charge in [-0.2, -0.15) is 0 Å². The van der Waals surface area contributed by atoms with E-state index in [-0.39, 0.29) is 0 Å². The van der Waals surface area contributed by atoms with Crippen molar-refractivity contribution in [2.75, 3.05) is 10.7 Å². The fraction of sp³-hybridized carbons (Fsp3) is 0.357. The lowest BCUT2D eigenvalue weighted by Crippen LogP contribution is -2.51. The van der Waals surface area contributed by atoms with E-state index in [2.05, 4.69) is 31.7 Å². The topological polar surface area (TPSA) is 42.4 Å². The number of para-hydroxylation sites is 2. The Morgan fingerprint density at radius 1 is 1.37 bits per heavy atom. The molecule has 0 radical (unpaired) electrons. The number of aryl methyl sites for hydroxylation is 1. The summed E-state index contributed by atoms with van der Waals surface area (Å²) in [7, 11) is 0. The molecule has 0 bridgehead atoms. The van der Waals surface area contributed by atoms with Crippen LogP contribution in [-0.2, 0) is 6.42 Å². The van der Waals surface area contributed by atoms with Crippen LogP contribution in [0.3, 0.4) is 0 Å². The standard InChI is InChI=1S/C14H18N3OS/c1-4-12-17(15)13-14(19-12)18-11-8-6-5-7-10(11)16(13)9(2)3/h5-9H,4,15H2,1-3H3/q+1. The quantitative estimate of drug-likeness (QED) is 0.677. The molecule has 1 aromatic heterocycles. The van der Waals surface area contributed by atoms with Gasteiger partial charge in [0.15, 0.2) is 16.4 Å². The van der Waals surface area contributed by atoms with E-state index in [4.69, 9.17) is 10.6 Å². The summed E-state index contributed by atoms with van der Waals surface area (Å²) >= 11 is 1.62. The minimum Gasteiger partial charge on any atom is -0.434 e. The number of thiazole rings is 1. The van der Waals surface area contributed by atoms with Crippen LogP contribution >= 0.6 is 11.3 Å². The van der Waals surface area contributed by atoms with Gasteiger partial charge in [0.2, 0.25) is 0 Å². The van der Waals surface area contributed by atoms with E-state index in [1.54, 1.807) is 16.0 Å². The Kier molecular flexibility index (Phi) is 2.86. The molecule has 1 aromatic carbocycles. The minimum atomic E-state index is 0.318. The summed E-state index contributed by atoms with van der Waals surface area (Å²) in [6.07, 6.45) is 0.903. The maximum Gasteiger partial charge on any atom is 0.361 e. The maximum atomic E-state index is 6.23. The average Bonchev–Trinajstić information content (AvgIpc) is 2.72. The van der Waals surface area contributed by atoms with Crippen LogP contribution in [0.5, 0.6) is 10.8 Å². The molecule has 0 spiro atoms. The Bertz CT molecular complexity index is 621. The van der Waals surface area contributed by atoms with E-state index in [9.17, 15) is 0 Å². The van der Waals surface area contributed by atoms with Crippen molar-refractivity contribution >= 4 is 22.8 Å². The Labute approximate surface area is 117 Å². The highest BCUT2D eigenvalue weighted by molar-refractivity contribution is 7.13. The van der Waals surface area contributed by atoms with Crippen LogP contribution < -0.4 is 20.2 Å². The first-order valence-electron chi connectivity index (χ1n) is 6.52. The number of anilines is 2. The third-order valence-corrected chi connectivity index (χ3v) is 4.44. The molecule has 2 N–H and O–H groups in total. The van der Waals surface area contributed by atoms with E-state index in [1.165, 1.54) is 0 Å². The molecular formula is C14H18N3OS+. The fourth-order valence-electron chi connectivity index (χ4n) is 2.42. The summed E-state index contributed by atoms with van der Waals surface area (Å²) in [5, 5.41) is 2.00. The summed E-state index contributed by atoms with van der Waals surface area (Å²) in [6.45, 7) is 6.43. The second-order valence-electron chi connectivity index (χ2n) is 4.86. The third-order valence-electron chi connectivity index (χ3n) is 3.26. The normalized spacial score (nSPS) is 13.2. The largest absolute Gasteiger partial charge is 0.434 e. The molecule has 0 amide bonds. The third kappa shape index (κ3) is 1.76. The van der Waals surface area contributed by atoms with Gasteiger partial charge in [0.05, 0.1) is 6.04 Å². The predicted molar refractivity (Wildman–Crippen MR) is 77.8 cm³/mol. The predicted octanol–water partition coefficient (Wildman–Crippen LogP) is 2.96. The minimum absolute atomic E-state index is 0.318. The van der Waals surface area contributed by atoms with E-state index in [0.717, 1.165) is 33.7 Å². The second-order valence-corrected chi connectivity index (χ2v) is 5.91. The molecule has 0 saturated carbocycles. The molecule has 0 aliphatic carbocycles. The summed E-state index contributed by atoms with van der Waals surface area (Å²) in [4.78, 5) is 2.24. The van der Waals surface area contributed by atoms with Crippen molar-refractivity contribution in [3.63, 3.8) is 0 Å². The molecule has 4 nitrogen and oxygen atoms in total. The lowest BCUT2D eigenvalue weighted by molar-refractivity contribution is -0.628. The fourth-order valence-corrected chi connectivity index (χ4v) is 3.38. The van der Waals surface area contributed by atoms with Gasteiger partial charge in [0.25, 0.3) is 5.06 Å². The molecule has 100 valence electrons. The van der Waals surface area contributed by atoms with Gasteiger partial charge >= 0.3 is 5.82 Å². The van der Waals surface area contributed by atoms with Gasteiger partial charge in [0, 0.05) is 6.42 Å². The highest BCUT2D eigenvalue weighted by Gasteiger charge is 2.39. The van der Waals surface area contributed by atoms with Crippen LogP contribution in [0, 0.1) is 0 Å². The number of nitrogens with two attached hydrogens (primary N) is 1. The molecule has 1 aliphatic rings. The van der Waals surface area contributed by atoms with Crippen LogP contribution in [0.1, 0.15) is 25.8 Å². The monoisotopic (exact) mass is 276 g/mol. The molecular weight excluding hydrogens is 258 g/mol. The van der Waals surface area contributed by atoms with Crippen molar-refractivity contribution in [2.45, 2.75) is 33.2 Å². The Morgan fingerprint density at radius 3 is 2.79 bits per heavy atom. The van der Waals surface area contributed by atoms with Gasteiger partial charge < -0.3 is 4.74 Å². The Morgan fingerprint density at radius 2 is 2.11 bits per heavy atom. The summed E-state index contributed by atoms with van der Waals surface area (Å²) in [6, 6.07) is 8.41. The lowest BCUT2D eigenvalue weighted by Gasteiger charge is -2.26. The zero-order valence-corrected chi connectivity index (χ0v) is 12.2. The number of aromatic nitrogens is 1. The number of nitrogens with zero attached hydrogens (tertiary/aromatic N) is 2. The zero-order valence-electron chi connectivity index (χ0n) is 11.4. The first-order valence-corrected chi connectivity index (χ1v) is 7.34. The van der Waals surface area contributed by atoms with Crippen LogP contribution in [-0.4, -0.2) is 6.04 Å². The van der Waals surface area contributed by atoms with Crippen LogP contribution in [0.2, 0.25) is 0 Å². The molecule has 0 atom stereocenters. The van der Waals surface area contributed by atoms with Crippen molar-refractivity contribution in [1.29, 1.82) is 0 Å². The van der Waals surface area contributed by atoms with Gasteiger partial charge in [-0.1, -0.05) is 30.4 Å². The van der Waals surface area contributed by atoms with Gasteiger partial charge in [-0.25, -0.2) is 4.90 Å². The number of ether oxygens (including phenoxy) is 1. The summed E-state index contributed by atoms with van der Waals surface area (Å²) in [5.41, 5.74) is 1.07. The molecule has 2 aromatic rings. The molecule has 5 heteroatoms. The van der Waals surface area contributed by atoms with E-state index >= 15 is 0 Å². The molecule has 0 saturated heterocycles. The summed E-state index contributed by atoms with van der Waals surface area (Å²) < 4.78 is 7.76. The van der Waals surface area contributed by atoms with E-state index < -0.39 is 0 Å². The Hall–Kier alpha value is -1.75. The highest BCUT2D eigenvalue weighted by Crippen LogP contribution is 2.48. The van der Waals surface area contributed by atoms with Crippen molar-refractivity contribution < 1.29 is 9.41 Å². The molecule has 0 unspecified atom stereocenters. The maximum absolute atomic E-state index is 6.23. The number of hydrogen-bond donors (Lipinski definition) is 1. The zero-order chi connectivity index (χ0) is 13.6. The molecule has 2 heterocycles. The average molecular weight is 276 g/mol. The second kappa shape index (κ2) is 4.42. The first kappa shape index (κ1) is 12.3. The number of fused-ring (bicyclic) bond motifs is 2. The highest BCUT2D eigenvalue weighted by atomic mass is 32.1. The summed E-state index contributed by atoms with van der Waals surface area (Å²) in [5.74, 6) is 8.08. The van der Waals surface area contributed by atoms with Gasteiger partial charge in [-0.05, 0) is 26.0 Å². The first-order chi connectivity index (χ1) is 9.13. The van der Waals surface area contributed by atoms with Crippen molar-refractivity contribution in [3.8, 4) is 10.8 Å². The van der Waals surface area contributed by atoms with Crippen molar-refractivity contribution in [3.05, 3.63) is 29.3 Å². The number of benzene rings is 1. The van der Waals surface area contributed by atoms with E-state index in [1.807, 2.05) is 18.2 Å². The molecule has 0 fully saturated rings. The molecule has 3 rings (SSSR count). The van der Waals surface area contributed by atoms with Crippen molar-refractivity contribution in [1.82, 2.24) is 0 Å². The Balaban J connectivity index is 2.22. The SMILES string of the molecule is CCc1sc2c([n+]1N)N(C(C)C)c1ccccc1O2. The number of hydrogen-bond acceptors (Lipinski definition) is 4. The van der Waals surface area contributed by atoms with E-state index in [0.29, 0.717) is 6.04 Å².